The Morgan fingerprint density at radius 2 is 1.60 bits per heavy atom. The van der Waals surface area contributed by atoms with Crippen molar-refractivity contribution in [2.75, 3.05) is 0 Å². The van der Waals surface area contributed by atoms with Gasteiger partial charge in [0.15, 0.2) is 0 Å². The molecule has 0 saturated carbocycles. The summed E-state index contributed by atoms with van der Waals surface area (Å²) in [7, 11) is 0. The van der Waals surface area contributed by atoms with Crippen molar-refractivity contribution in [1.29, 1.82) is 0 Å². The summed E-state index contributed by atoms with van der Waals surface area (Å²) in [6.07, 6.45) is 0. The van der Waals surface area contributed by atoms with Gasteiger partial charge < -0.3 is 9.47 Å². The first-order valence-corrected chi connectivity index (χ1v) is 7.81. The minimum Gasteiger partial charge on any atom is -0.482 e. The van der Waals surface area contributed by atoms with E-state index >= 15 is 0 Å². The van der Waals surface area contributed by atoms with Crippen molar-refractivity contribution in [3.05, 3.63) is 94.0 Å². The van der Waals surface area contributed by atoms with Crippen molar-refractivity contribution in [3.63, 3.8) is 0 Å². The summed E-state index contributed by atoms with van der Waals surface area (Å²) in [4.78, 5) is 10.8. The van der Waals surface area contributed by atoms with Crippen LogP contribution in [0.3, 0.4) is 0 Å². The molecule has 0 atom stereocenters. The fourth-order valence-corrected chi connectivity index (χ4v) is 2.30. The Morgan fingerprint density at radius 1 is 0.920 bits per heavy atom. The molecule has 25 heavy (non-hydrogen) atoms. The molecule has 5 nitrogen and oxygen atoms in total. The van der Waals surface area contributed by atoms with E-state index in [2.05, 4.69) is 0 Å². The van der Waals surface area contributed by atoms with Crippen LogP contribution in [-0.2, 0) is 6.61 Å². The highest BCUT2D eigenvalue weighted by Crippen LogP contribution is 2.33. The van der Waals surface area contributed by atoms with Crippen LogP contribution in [0.5, 0.6) is 17.2 Å². The standard InChI is InChI=1S/C20H17NO4/c1-15-7-9-17(10-8-15)25-18-11-12-19(21(22)23)20(13-18)24-14-16-5-3-2-4-6-16/h2-13H,14H2,1H3. The minimum atomic E-state index is -0.462. The fraction of sp³-hybridized carbons (Fsp3) is 0.100. The lowest BCUT2D eigenvalue weighted by atomic mass is 10.2. The van der Waals surface area contributed by atoms with Gasteiger partial charge in [-0.05, 0) is 30.7 Å². The zero-order chi connectivity index (χ0) is 17.6. The lowest BCUT2D eigenvalue weighted by Crippen LogP contribution is -1.99. The van der Waals surface area contributed by atoms with Gasteiger partial charge in [0.2, 0.25) is 5.75 Å². The third-order valence-corrected chi connectivity index (χ3v) is 3.62. The molecule has 3 aromatic rings. The van der Waals surface area contributed by atoms with Crippen molar-refractivity contribution >= 4 is 5.69 Å². The van der Waals surface area contributed by atoms with Gasteiger partial charge in [0.1, 0.15) is 18.1 Å². The van der Waals surface area contributed by atoms with Crippen LogP contribution in [0.25, 0.3) is 0 Å². The molecule has 0 saturated heterocycles. The molecule has 0 amide bonds. The average molecular weight is 335 g/mol. The van der Waals surface area contributed by atoms with E-state index in [1.54, 1.807) is 12.1 Å². The van der Waals surface area contributed by atoms with Crippen LogP contribution in [0.15, 0.2) is 72.8 Å². The monoisotopic (exact) mass is 335 g/mol. The molecule has 3 aromatic carbocycles. The molecule has 0 spiro atoms. The maximum atomic E-state index is 11.2. The number of nitro groups is 1. The predicted octanol–water partition coefficient (Wildman–Crippen LogP) is 5.27. The molecule has 0 unspecified atom stereocenters. The summed E-state index contributed by atoms with van der Waals surface area (Å²) >= 11 is 0. The van der Waals surface area contributed by atoms with Crippen molar-refractivity contribution in [1.82, 2.24) is 0 Å². The Morgan fingerprint density at radius 3 is 2.28 bits per heavy atom. The molecular formula is C20H17NO4. The van der Waals surface area contributed by atoms with E-state index in [4.69, 9.17) is 9.47 Å². The first kappa shape index (κ1) is 16.5. The zero-order valence-electron chi connectivity index (χ0n) is 13.7. The summed E-state index contributed by atoms with van der Waals surface area (Å²) in [5, 5.41) is 11.2. The van der Waals surface area contributed by atoms with E-state index < -0.39 is 4.92 Å². The number of ether oxygens (including phenoxy) is 2. The number of rotatable bonds is 6. The second-order valence-corrected chi connectivity index (χ2v) is 5.58. The highest BCUT2D eigenvalue weighted by molar-refractivity contribution is 5.51. The summed E-state index contributed by atoms with van der Waals surface area (Å²) in [6.45, 7) is 2.24. The second kappa shape index (κ2) is 7.49. The summed E-state index contributed by atoms with van der Waals surface area (Å²) in [5.74, 6) is 1.32. The molecule has 0 aliphatic rings. The van der Waals surface area contributed by atoms with Gasteiger partial charge in [0.05, 0.1) is 4.92 Å². The maximum absolute atomic E-state index is 11.2. The number of hydrogen-bond acceptors (Lipinski definition) is 4. The van der Waals surface area contributed by atoms with Crippen LogP contribution in [0.1, 0.15) is 11.1 Å². The summed E-state index contributed by atoms with van der Waals surface area (Å²) in [6, 6.07) is 21.6. The van der Waals surface area contributed by atoms with Crippen LogP contribution in [-0.4, -0.2) is 4.92 Å². The molecule has 0 fully saturated rings. The maximum Gasteiger partial charge on any atom is 0.311 e. The Bertz CT molecular complexity index is 861. The first-order chi connectivity index (χ1) is 12.1. The van der Waals surface area contributed by atoms with Gasteiger partial charge in [0, 0.05) is 12.1 Å². The van der Waals surface area contributed by atoms with Gasteiger partial charge in [0.25, 0.3) is 0 Å². The summed E-state index contributed by atoms with van der Waals surface area (Å²) in [5.41, 5.74) is 1.97. The molecule has 0 aliphatic heterocycles. The lowest BCUT2D eigenvalue weighted by molar-refractivity contribution is -0.386. The number of hydrogen-bond donors (Lipinski definition) is 0. The SMILES string of the molecule is Cc1ccc(Oc2ccc([N+](=O)[O-])c(OCc3ccccc3)c2)cc1. The van der Waals surface area contributed by atoms with Crippen LogP contribution in [0, 0.1) is 17.0 Å². The minimum absolute atomic E-state index is 0.0906. The molecule has 3 rings (SSSR count). The van der Waals surface area contributed by atoms with E-state index in [0.29, 0.717) is 11.5 Å². The fourth-order valence-electron chi connectivity index (χ4n) is 2.30. The van der Waals surface area contributed by atoms with Gasteiger partial charge in [-0.3, -0.25) is 10.1 Å². The zero-order valence-corrected chi connectivity index (χ0v) is 13.7. The van der Waals surface area contributed by atoms with Crippen LogP contribution in [0.4, 0.5) is 5.69 Å². The molecule has 0 aliphatic carbocycles. The number of nitrogens with zero attached hydrogens (tertiary/aromatic N) is 1. The van der Waals surface area contributed by atoms with Crippen LogP contribution >= 0.6 is 0 Å². The first-order valence-electron chi connectivity index (χ1n) is 7.81. The molecule has 0 N–H and O–H groups in total. The van der Waals surface area contributed by atoms with E-state index in [1.165, 1.54) is 6.07 Å². The van der Waals surface area contributed by atoms with E-state index in [1.807, 2.05) is 61.5 Å². The largest absolute Gasteiger partial charge is 0.482 e. The number of nitro benzene ring substituents is 1. The molecular weight excluding hydrogens is 318 g/mol. The van der Waals surface area contributed by atoms with Crippen molar-refractivity contribution < 1.29 is 14.4 Å². The van der Waals surface area contributed by atoms with Gasteiger partial charge in [-0.25, -0.2) is 0 Å². The molecule has 0 bridgehead atoms. The predicted molar refractivity (Wildman–Crippen MR) is 95.1 cm³/mol. The van der Waals surface area contributed by atoms with E-state index in [9.17, 15) is 10.1 Å². The van der Waals surface area contributed by atoms with Crippen LogP contribution in [0.2, 0.25) is 0 Å². The highest BCUT2D eigenvalue weighted by atomic mass is 16.6. The number of benzene rings is 3. The van der Waals surface area contributed by atoms with Crippen molar-refractivity contribution in [2.24, 2.45) is 0 Å². The third-order valence-electron chi connectivity index (χ3n) is 3.62. The molecule has 126 valence electrons. The quantitative estimate of drug-likeness (QED) is 0.454. The highest BCUT2D eigenvalue weighted by Gasteiger charge is 2.16. The van der Waals surface area contributed by atoms with Gasteiger partial charge in [-0.15, -0.1) is 0 Å². The Labute approximate surface area is 145 Å². The smallest absolute Gasteiger partial charge is 0.311 e. The lowest BCUT2D eigenvalue weighted by Gasteiger charge is -2.10. The topological polar surface area (TPSA) is 61.6 Å². The second-order valence-electron chi connectivity index (χ2n) is 5.58. The number of aryl methyl sites for hydroxylation is 1. The molecule has 5 heteroatoms. The Balaban J connectivity index is 1.81. The van der Waals surface area contributed by atoms with Gasteiger partial charge in [-0.2, -0.15) is 0 Å². The van der Waals surface area contributed by atoms with E-state index in [-0.39, 0.29) is 18.0 Å². The van der Waals surface area contributed by atoms with Gasteiger partial charge >= 0.3 is 5.69 Å². The third kappa shape index (κ3) is 4.35. The Kier molecular flexibility index (Phi) is 4.95. The van der Waals surface area contributed by atoms with E-state index in [0.717, 1.165) is 11.1 Å². The normalized spacial score (nSPS) is 10.3. The van der Waals surface area contributed by atoms with Crippen molar-refractivity contribution in [3.8, 4) is 17.2 Å². The van der Waals surface area contributed by atoms with Gasteiger partial charge in [-0.1, -0.05) is 48.0 Å². The molecule has 0 radical (unpaired) electrons. The Hall–Kier alpha value is -3.34. The van der Waals surface area contributed by atoms with Crippen LogP contribution < -0.4 is 9.47 Å². The summed E-state index contributed by atoms with van der Waals surface area (Å²) < 4.78 is 11.4. The van der Waals surface area contributed by atoms with Crippen molar-refractivity contribution in [2.45, 2.75) is 13.5 Å². The average Bonchev–Trinajstić information content (AvgIpc) is 2.63. The molecule has 0 aromatic heterocycles. The molecule has 0 heterocycles.